The molecule has 1 aliphatic heterocycles. The normalized spacial score (nSPS) is 14.5. The molecule has 2 heterocycles. The van der Waals surface area contributed by atoms with Crippen LogP contribution in [0.2, 0.25) is 5.02 Å². The second-order valence-electron chi connectivity index (χ2n) is 7.71. The molecule has 0 aliphatic carbocycles. The van der Waals surface area contributed by atoms with Gasteiger partial charge < -0.3 is 15.1 Å². The van der Waals surface area contributed by atoms with Gasteiger partial charge in [0.2, 0.25) is 11.8 Å². The number of nitriles is 1. The number of carbonyl (C=O) groups is 2. The number of rotatable bonds is 5. The second-order valence-corrected chi connectivity index (χ2v) is 8.12. The highest BCUT2D eigenvalue weighted by atomic mass is 35.5. The summed E-state index contributed by atoms with van der Waals surface area (Å²) in [5.41, 5.74) is -0.632. The van der Waals surface area contributed by atoms with Crippen LogP contribution in [0.5, 0.6) is 0 Å². The minimum atomic E-state index is -4.65. The number of pyridine rings is 1. The molecule has 0 saturated carbocycles. The van der Waals surface area contributed by atoms with Crippen LogP contribution in [0.3, 0.4) is 0 Å². The first-order valence-corrected chi connectivity index (χ1v) is 10.5. The number of hydrogen-bond acceptors (Lipinski definition) is 5. The SMILES string of the molecule is CN(CC(=O)Nc1ccc(Cl)c(C(F)(F)F)c1)C(=O)C1CCN(c2ccc(C#N)cn2)CC1. The lowest BCUT2D eigenvalue weighted by Crippen LogP contribution is -2.43. The van der Waals surface area contributed by atoms with Gasteiger partial charge in [-0.25, -0.2) is 4.98 Å². The van der Waals surface area contributed by atoms with Crippen molar-refractivity contribution in [3.05, 3.63) is 52.7 Å². The Kier molecular flexibility index (Phi) is 7.43. The lowest BCUT2D eigenvalue weighted by molar-refractivity contribution is -0.137. The highest BCUT2D eigenvalue weighted by molar-refractivity contribution is 6.31. The maximum atomic E-state index is 13.0. The predicted molar refractivity (Wildman–Crippen MR) is 117 cm³/mol. The third kappa shape index (κ3) is 6.14. The zero-order chi connectivity index (χ0) is 24.2. The summed E-state index contributed by atoms with van der Waals surface area (Å²) < 4.78 is 39.0. The number of likely N-dealkylation sites (N-methyl/N-ethyl adjacent to an activating group) is 1. The molecule has 1 aromatic carbocycles. The summed E-state index contributed by atoms with van der Waals surface area (Å²) in [5, 5.41) is 10.8. The Labute approximate surface area is 193 Å². The number of halogens is 4. The van der Waals surface area contributed by atoms with Crippen LogP contribution in [0.25, 0.3) is 0 Å². The fourth-order valence-electron chi connectivity index (χ4n) is 3.62. The number of anilines is 2. The monoisotopic (exact) mass is 479 g/mol. The maximum absolute atomic E-state index is 13.0. The number of amides is 2. The molecule has 2 amide bonds. The third-order valence-corrected chi connectivity index (χ3v) is 5.69. The first-order chi connectivity index (χ1) is 15.6. The quantitative estimate of drug-likeness (QED) is 0.701. The van der Waals surface area contributed by atoms with Crippen molar-refractivity contribution in [3.63, 3.8) is 0 Å². The molecule has 2 aromatic rings. The lowest BCUT2D eigenvalue weighted by atomic mass is 9.95. The van der Waals surface area contributed by atoms with Crippen molar-refractivity contribution in [1.29, 1.82) is 5.26 Å². The first-order valence-electron chi connectivity index (χ1n) is 10.1. The van der Waals surface area contributed by atoms with Gasteiger partial charge in [0.05, 0.1) is 22.7 Å². The standard InChI is InChI=1S/C22H21ClF3N5O2/c1-30(13-20(32)29-16-3-4-18(23)17(10-16)22(24,25)26)21(33)15-6-8-31(9-7-15)19-5-2-14(11-27)12-28-19/h2-5,10,12,15H,6-9,13H2,1H3,(H,29,32). The number of carbonyl (C=O) groups excluding carboxylic acids is 2. The molecule has 1 saturated heterocycles. The van der Waals surface area contributed by atoms with Gasteiger partial charge in [0.1, 0.15) is 11.9 Å². The predicted octanol–water partition coefficient (Wildman–Crippen LogP) is 3.94. The van der Waals surface area contributed by atoms with Crippen molar-refractivity contribution in [2.24, 2.45) is 5.92 Å². The van der Waals surface area contributed by atoms with Crippen molar-refractivity contribution in [1.82, 2.24) is 9.88 Å². The van der Waals surface area contributed by atoms with Gasteiger partial charge in [-0.2, -0.15) is 18.4 Å². The smallest absolute Gasteiger partial charge is 0.357 e. The van der Waals surface area contributed by atoms with Gasteiger partial charge in [0.15, 0.2) is 0 Å². The number of piperidine rings is 1. The van der Waals surface area contributed by atoms with E-state index in [9.17, 15) is 22.8 Å². The summed E-state index contributed by atoms with van der Waals surface area (Å²) in [7, 11) is 1.49. The second kappa shape index (κ2) is 10.1. The molecular formula is C22H21ClF3N5O2. The van der Waals surface area contributed by atoms with Crippen LogP contribution < -0.4 is 10.2 Å². The van der Waals surface area contributed by atoms with Gasteiger partial charge >= 0.3 is 6.18 Å². The number of hydrogen-bond donors (Lipinski definition) is 1. The minimum Gasteiger partial charge on any atom is -0.357 e. The maximum Gasteiger partial charge on any atom is 0.417 e. The van der Waals surface area contributed by atoms with Gasteiger partial charge in [-0.05, 0) is 43.2 Å². The van der Waals surface area contributed by atoms with Gasteiger partial charge in [0.25, 0.3) is 0 Å². The van der Waals surface area contributed by atoms with Gasteiger partial charge in [-0.1, -0.05) is 11.6 Å². The van der Waals surface area contributed by atoms with Crippen LogP contribution in [0, 0.1) is 17.2 Å². The van der Waals surface area contributed by atoms with Gasteiger partial charge in [-0.15, -0.1) is 0 Å². The molecule has 174 valence electrons. The molecule has 0 spiro atoms. The van der Waals surface area contributed by atoms with Crippen molar-refractivity contribution in [3.8, 4) is 6.07 Å². The zero-order valence-electron chi connectivity index (χ0n) is 17.7. The van der Waals surface area contributed by atoms with E-state index in [4.69, 9.17) is 16.9 Å². The van der Waals surface area contributed by atoms with Gasteiger partial charge in [-0.3, -0.25) is 9.59 Å². The molecule has 1 aromatic heterocycles. The molecule has 0 unspecified atom stereocenters. The lowest BCUT2D eigenvalue weighted by Gasteiger charge is -2.33. The Balaban J connectivity index is 1.52. The van der Waals surface area contributed by atoms with Crippen molar-refractivity contribution < 1.29 is 22.8 Å². The Hall–Kier alpha value is -3.32. The summed E-state index contributed by atoms with van der Waals surface area (Å²) in [5.74, 6) is -0.358. The Morgan fingerprint density at radius 1 is 1.27 bits per heavy atom. The number of aromatic nitrogens is 1. The molecule has 0 bridgehead atoms. The van der Waals surface area contributed by atoms with Crippen LogP contribution in [0.4, 0.5) is 24.7 Å². The zero-order valence-corrected chi connectivity index (χ0v) is 18.5. The fourth-order valence-corrected chi connectivity index (χ4v) is 3.85. The van der Waals surface area contributed by atoms with Crippen molar-refractivity contribution in [2.75, 3.05) is 36.9 Å². The highest BCUT2D eigenvalue weighted by Crippen LogP contribution is 2.36. The average molecular weight is 480 g/mol. The number of nitrogens with zero attached hydrogens (tertiary/aromatic N) is 4. The Morgan fingerprint density at radius 2 is 1.97 bits per heavy atom. The van der Waals surface area contributed by atoms with Crippen molar-refractivity contribution >= 4 is 34.9 Å². The molecule has 33 heavy (non-hydrogen) atoms. The minimum absolute atomic E-state index is 0.0548. The molecule has 0 radical (unpaired) electrons. The number of benzene rings is 1. The molecule has 11 heteroatoms. The van der Waals surface area contributed by atoms with Crippen LogP contribution >= 0.6 is 11.6 Å². The first kappa shape index (κ1) is 24.3. The van der Waals surface area contributed by atoms with Crippen LogP contribution in [0.1, 0.15) is 24.0 Å². The van der Waals surface area contributed by atoms with E-state index in [2.05, 4.69) is 10.3 Å². The Morgan fingerprint density at radius 3 is 2.55 bits per heavy atom. The summed E-state index contributed by atoms with van der Waals surface area (Å²) in [4.78, 5) is 32.6. The molecule has 0 atom stereocenters. The van der Waals surface area contributed by atoms with E-state index >= 15 is 0 Å². The summed E-state index contributed by atoms with van der Waals surface area (Å²) in [6.45, 7) is 0.904. The van der Waals surface area contributed by atoms with E-state index in [-0.39, 0.29) is 24.1 Å². The number of alkyl halides is 3. The third-order valence-electron chi connectivity index (χ3n) is 5.36. The topological polar surface area (TPSA) is 89.3 Å². The molecule has 7 nitrogen and oxygen atoms in total. The van der Waals surface area contributed by atoms with E-state index in [0.29, 0.717) is 31.5 Å². The molecule has 1 aliphatic rings. The van der Waals surface area contributed by atoms with E-state index in [0.717, 1.165) is 18.0 Å². The molecular weight excluding hydrogens is 459 g/mol. The molecule has 1 N–H and O–H groups in total. The van der Waals surface area contributed by atoms with E-state index in [1.807, 2.05) is 11.0 Å². The molecule has 1 fully saturated rings. The highest BCUT2D eigenvalue weighted by Gasteiger charge is 2.33. The van der Waals surface area contributed by atoms with Crippen molar-refractivity contribution in [2.45, 2.75) is 19.0 Å². The fraction of sp³-hybridized carbons (Fsp3) is 0.364. The van der Waals surface area contributed by atoms with Crippen LogP contribution in [-0.4, -0.2) is 48.4 Å². The summed E-state index contributed by atoms with van der Waals surface area (Å²) in [6.07, 6.45) is -2.01. The van der Waals surface area contributed by atoms with E-state index in [1.54, 1.807) is 12.1 Å². The summed E-state index contributed by atoms with van der Waals surface area (Å²) in [6, 6.07) is 8.55. The Bertz CT molecular complexity index is 1060. The van der Waals surface area contributed by atoms with Crippen LogP contribution in [0.15, 0.2) is 36.5 Å². The summed E-state index contributed by atoms with van der Waals surface area (Å²) >= 11 is 5.59. The van der Waals surface area contributed by atoms with E-state index < -0.39 is 22.7 Å². The van der Waals surface area contributed by atoms with E-state index in [1.165, 1.54) is 24.2 Å². The van der Waals surface area contributed by atoms with Gasteiger partial charge in [0, 0.05) is 37.9 Å². The number of nitrogens with one attached hydrogen (secondary N) is 1. The largest absolute Gasteiger partial charge is 0.417 e. The van der Waals surface area contributed by atoms with Crippen LogP contribution in [-0.2, 0) is 15.8 Å². The average Bonchev–Trinajstić information content (AvgIpc) is 2.79. The molecule has 3 rings (SSSR count).